The van der Waals surface area contributed by atoms with Crippen LogP contribution in [-0.2, 0) is 13.5 Å². The van der Waals surface area contributed by atoms with E-state index in [0.717, 1.165) is 11.4 Å². The fraction of sp³-hybridized carbons (Fsp3) is 0.250. The summed E-state index contributed by atoms with van der Waals surface area (Å²) in [6.45, 7) is 0. The topological polar surface area (TPSA) is 55.9 Å². The van der Waals surface area contributed by atoms with Crippen molar-refractivity contribution in [1.82, 2.24) is 15.0 Å². The first-order chi connectivity index (χ1) is 8.20. The number of hydrogen-bond acceptors (Lipinski definition) is 3. The van der Waals surface area contributed by atoms with Gasteiger partial charge in [0, 0.05) is 25.9 Å². The number of halogens is 1. The lowest BCUT2D eigenvalue weighted by atomic mass is 10.0. The van der Waals surface area contributed by atoms with Crippen molar-refractivity contribution in [1.29, 1.82) is 0 Å². The van der Waals surface area contributed by atoms with E-state index in [4.69, 9.17) is 5.84 Å². The minimum atomic E-state index is -0.261. The van der Waals surface area contributed by atoms with Crippen LogP contribution in [0.3, 0.4) is 0 Å². The van der Waals surface area contributed by atoms with Crippen molar-refractivity contribution in [3.8, 4) is 0 Å². The zero-order valence-corrected chi connectivity index (χ0v) is 9.60. The molecule has 0 saturated carbocycles. The van der Waals surface area contributed by atoms with Gasteiger partial charge in [0.1, 0.15) is 11.6 Å². The normalized spacial score (nSPS) is 12.6. The van der Waals surface area contributed by atoms with E-state index < -0.39 is 0 Å². The smallest absolute Gasteiger partial charge is 0.123 e. The van der Waals surface area contributed by atoms with Gasteiger partial charge in [-0.05, 0) is 17.7 Å². The quantitative estimate of drug-likeness (QED) is 0.619. The number of aryl methyl sites for hydroxylation is 1. The molecule has 0 aliphatic heterocycles. The third-order valence-electron chi connectivity index (χ3n) is 2.76. The fourth-order valence-corrected chi connectivity index (χ4v) is 1.77. The zero-order valence-electron chi connectivity index (χ0n) is 9.60. The van der Waals surface area contributed by atoms with E-state index in [0.29, 0.717) is 6.42 Å². The first-order valence-electron chi connectivity index (χ1n) is 5.38. The molecule has 17 heavy (non-hydrogen) atoms. The molecular weight excluding hydrogens is 219 g/mol. The summed E-state index contributed by atoms with van der Waals surface area (Å²) < 4.78 is 15.1. The molecule has 1 unspecified atom stereocenters. The fourth-order valence-electron chi connectivity index (χ4n) is 1.77. The molecule has 1 aromatic carbocycles. The minimum absolute atomic E-state index is 0.146. The lowest BCUT2D eigenvalue weighted by Crippen LogP contribution is -2.30. The van der Waals surface area contributed by atoms with Crippen molar-refractivity contribution >= 4 is 0 Å². The molecule has 0 aliphatic rings. The van der Waals surface area contributed by atoms with Gasteiger partial charge in [0.15, 0.2) is 0 Å². The number of hydrazine groups is 1. The van der Waals surface area contributed by atoms with E-state index in [1.807, 2.05) is 23.9 Å². The molecule has 0 fully saturated rings. The highest BCUT2D eigenvalue weighted by Gasteiger charge is 2.13. The van der Waals surface area contributed by atoms with Crippen LogP contribution in [0.5, 0.6) is 0 Å². The van der Waals surface area contributed by atoms with Gasteiger partial charge in [0.05, 0.1) is 6.04 Å². The Morgan fingerprint density at radius 1 is 1.53 bits per heavy atom. The number of nitrogens with zero attached hydrogens (tertiary/aromatic N) is 2. The summed E-state index contributed by atoms with van der Waals surface area (Å²) >= 11 is 0. The Morgan fingerprint density at radius 3 is 2.94 bits per heavy atom. The number of hydrogen-bond donors (Lipinski definition) is 2. The highest BCUT2D eigenvalue weighted by molar-refractivity contribution is 5.21. The SMILES string of the molecule is Cn1ccnc1CC(NN)c1cccc(F)c1. The highest BCUT2D eigenvalue weighted by Crippen LogP contribution is 2.17. The van der Waals surface area contributed by atoms with Gasteiger partial charge in [0.25, 0.3) is 0 Å². The average Bonchev–Trinajstić information content (AvgIpc) is 2.71. The Hall–Kier alpha value is -1.72. The summed E-state index contributed by atoms with van der Waals surface area (Å²) in [5.74, 6) is 6.15. The molecule has 1 heterocycles. The summed E-state index contributed by atoms with van der Waals surface area (Å²) in [4.78, 5) is 4.23. The lowest BCUT2D eigenvalue weighted by Gasteiger charge is -2.16. The molecule has 0 radical (unpaired) electrons. The van der Waals surface area contributed by atoms with Crippen LogP contribution in [0.4, 0.5) is 4.39 Å². The van der Waals surface area contributed by atoms with Gasteiger partial charge in [-0.3, -0.25) is 11.3 Å². The summed E-state index contributed by atoms with van der Waals surface area (Å²) in [6, 6.07) is 6.27. The van der Waals surface area contributed by atoms with E-state index in [2.05, 4.69) is 10.4 Å². The summed E-state index contributed by atoms with van der Waals surface area (Å²) in [6.07, 6.45) is 4.21. The molecule has 0 amide bonds. The maximum absolute atomic E-state index is 13.1. The van der Waals surface area contributed by atoms with Crippen LogP contribution in [-0.4, -0.2) is 9.55 Å². The number of benzene rings is 1. The number of imidazole rings is 1. The second-order valence-corrected chi connectivity index (χ2v) is 3.93. The van der Waals surface area contributed by atoms with Crippen LogP contribution in [0.15, 0.2) is 36.7 Å². The van der Waals surface area contributed by atoms with E-state index in [1.54, 1.807) is 12.3 Å². The monoisotopic (exact) mass is 234 g/mol. The molecule has 5 heteroatoms. The molecule has 3 N–H and O–H groups in total. The number of nitrogens with one attached hydrogen (secondary N) is 1. The summed E-state index contributed by atoms with van der Waals surface area (Å²) in [5, 5.41) is 0. The van der Waals surface area contributed by atoms with Crippen molar-refractivity contribution in [3.63, 3.8) is 0 Å². The van der Waals surface area contributed by atoms with Gasteiger partial charge in [-0.25, -0.2) is 9.37 Å². The predicted molar refractivity (Wildman–Crippen MR) is 63.4 cm³/mol. The number of aromatic nitrogens is 2. The zero-order chi connectivity index (χ0) is 12.3. The Labute approximate surface area is 99.2 Å². The molecule has 1 atom stereocenters. The van der Waals surface area contributed by atoms with Crippen molar-refractivity contribution in [3.05, 3.63) is 53.9 Å². The molecule has 0 spiro atoms. The second kappa shape index (κ2) is 5.07. The molecule has 90 valence electrons. The van der Waals surface area contributed by atoms with Crippen molar-refractivity contribution in [2.24, 2.45) is 12.9 Å². The van der Waals surface area contributed by atoms with E-state index in [1.165, 1.54) is 12.1 Å². The van der Waals surface area contributed by atoms with E-state index in [-0.39, 0.29) is 11.9 Å². The molecule has 0 saturated heterocycles. The van der Waals surface area contributed by atoms with Crippen molar-refractivity contribution in [2.75, 3.05) is 0 Å². The van der Waals surface area contributed by atoms with Gasteiger partial charge in [0.2, 0.25) is 0 Å². The van der Waals surface area contributed by atoms with Gasteiger partial charge >= 0.3 is 0 Å². The molecule has 2 rings (SSSR count). The van der Waals surface area contributed by atoms with Crippen LogP contribution in [0.1, 0.15) is 17.4 Å². The van der Waals surface area contributed by atoms with Crippen LogP contribution < -0.4 is 11.3 Å². The third-order valence-corrected chi connectivity index (χ3v) is 2.76. The average molecular weight is 234 g/mol. The predicted octanol–water partition coefficient (Wildman–Crippen LogP) is 1.31. The molecule has 0 bridgehead atoms. The molecular formula is C12H15FN4. The third kappa shape index (κ3) is 2.69. The maximum atomic E-state index is 13.1. The minimum Gasteiger partial charge on any atom is -0.338 e. The van der Waals surface area contributed by atoms with Crippen molar-refractivity contribution < 1.29 is 4.39 Å². The van der Waals surface area contributed by atoms with Gasteiger partial charge < -0.3 is 4.57 Å². The first kappa shape index (κ1) is 11.8. The van der Waals surface area contributed by atoms with E-state index in [9.17, 15) is 4.39 Å². The van der Waals surface area contributed by atoms with Gasteiger partial charge in [-0.15, -0.1) is 0 Å². The Bertz CT molecular complexity index is 495. The molecule has 4 nitrogen and oxygen atoms in total. The number of nitrogens with two attached hydrogens (primary N) is 1. The Balaban J connectivity index is 2.20. The van der Waals surface area contributed by atoms with Crippen LogP contribution in [0.25, 0.3) is 0 Å². The van der Waals surface area contributed by atoms with Gasteiger partial charge in [-0.1, -0.05) is 12.1 Å². The molecule has 2 aromatic rings. The van der Waals surface area contributed by atoms with Crippen LogP contribution >= 0.6 is 0 Å². The molecule has 1 aromatic heterocycles. The maximum Gasteiger partial charge on any atom is 0.123 e. The number of rotatable bonds is 4. The standard InChI is InChI=1S/C12H15FN4/c1-17-6-5-15-12(17)8-11(16-14)9-3-2-4-10(13)7-9/h2-7,11,16H,8,14H2,1H3. The Morgan fingerprint density at radius 2 is 2.35 bits per heavy atom. The van der Waals surface area contributed by atoms with Gasteiger partial charge in [-0.2, -0.15) is 0 Å². The van der Waals surface area contributed by atoms with Crippen LogP contribution in [0, 0.1) is 5.82 Å². The van der Waals surface area contributed by atoms with Crippen molar-refractivity contribution in [2.45, 2.75) is 12.5 Å². The molecule has 0 aliphatic carbocycles. The Kier molecular flexibility index (Phi) is 3.51. The largest absolute Gasteiger partial charge is 0.338 e. The second-order valence-electron chi connectivity index (χ2n) is 3.93. The summed E-state index contributed by atoms with van der Waals surface area (Å²) in [7, 11) is 1.92. The summed E-state index contributed by atoms with van der Waals surface area (Å²) in [5.41, 5.74) is 3.51. The van der Waals surface area contributed by atoms with Crippen LogP contribution in [0.2, 0.25) is 0 Å². The first-order valence-corrected chi connectivity index (χ1v) is 5.38. The van der Waals surface area contributed by atoms with E-state index >= 15 is 0 Å². The lowest BCUT2D eigenvalue weighted by molar-refractivity contribution is 0.525. The highest BCUT2D eigenvalue weighted by atomic mass is 19.1.